The number of ketones is 1. The second kappa shape index (κ2) is 10.8. The number of hydrogen-bond donors (Lipinski definition) is 2. The van der Waals surface area contributed by atoms with E-state index < -0.39 is 17.8 Å². The molecule has 2 aromatic rings. The fraction of sp³-hybridized carbons (Fsp3) is 0.409. The molecule has 1 saturated heterocycles. The van der Waals surface area contributed by atoms with Gasteiger partial charge in [-0.25, -0.2) is 14.2 Å². The lowest BCUT2D eigenvalue weighted by Gasteiger charge is -2.30. The van der Waals surface area contributed by atoms with Crippen LogP contribution in [0.15, 0.2) is 30.3 Å². The van der Waals surface area contributed by atoms with Crippen LogP contribution in [0, 0.1) is 5.82 Å². The summed E-state index contributed by atoms with van der Waals surface area (Å²) in [6.07, 6.45) is 1.47. The quantitative estimate of drug-likeness (QED) is 0.465. The van der Waals surface area contributed by atoms with Gasteiger partial charge in [-0.1, -0.05) is 6.92 Å². The van der Waals surface area contributed by atoms with Crippen molar-refractivity contribution in [1.82, 2.24) is 10.0 Å². The summed E-state index contributed by atoms with van der Waals surface area (Å²) in [6.45, 7) is 3.33. The van der Waals surface area contributed by atoms with Crippen molar-refractivity contribution >= 4 is 23.6 Å². The first kappa shape index (κ1) is 23.3. The third-order valence-electron chi connectivity index (χ3n) is 5.01. The van der Waals surface area contributed by atoms with E-state index in [-0.39, 0.29) is 28.7 Å². The highest BCUT2D eigenvalue weighted by molar-refractivity contribution is 6.13. The number of halogens is 1. The molecule has 0 saturated carbocycles. The Kier molecular flexibility index (Phi) is 7.82. The second-order valence-corrected chi connectivity index (χ2v) is 7.34. The van der Waals surface area contributed by atoms with Crippen LogP contribution in [-0.2, 0) is 9.57 Å². The lowest BCUT2D eigenvalue weighted by Crippen LogP contribution is -2.40. The molecule has 32 heavy (non-hydrogen) atoms. The molecule has 3 N–H and O–H groups in total. The number of carbonyl (C=O) groups is 2. The first-order valence-electron chi connectivity index (χ1n) is 10.4. The van der Waals surface area contributed by atoms with Gasteiger partial charge in [0.15, 0.2) is 0 Å². The fourth-order valence-corrected chi connectivity index (χ4v) is 3.37. The number of nitrogens with one attached hydrogen (secondary N) is 1. The summed E-state index contributed by atoms with van der Waals surface area (Å²) in [5, 5.41) is 4.86. The Morgan fingerprint density at radius 2 is 1.97 bits per heavy atom. The van der Waals surface area contributed by atoms with Crippen molar-refractivity contribution < 1.29 is 28.3 Å². The van der Waals surface area contributed by atoms with Crippen LogP contribution in [0.2, 0.25) is 0 Å². The van der Waals surface area contributed by atoms with Gasteiger partial charge in [0.25, 0.3) is 0 Å². The molecule has 2 heterocycles. The van der Waals surface area contributed by atoms with Crippen LogP contribution in [0.3, 0.4) is 0 Å². The van der Waals surface area contributed by atoms with Crippen LogP contribution in [0.4, 0.5) is 20.8 Å². The highest BCUT2D eigenvalue weighted by Gasteiger charge is 2.24. The van der Waals surface area contributed by atoms with E-state index in [0.717, 1.165) is 12.5 Å². The summed E-state index contributed by atoms with van der Waals surface area (Å²) in [7, 11) is 1.41. The van der Waals surface area contributed by atoms with Crippen LogP contribution < -0.4 is 15.8 Å². The van der Waals surface area contributed by atoms with Gasteiger partial charge in [0.05, 0.1) is 24.8 Å². The number of benzene rings is 1. The van der Waals surface area contributed by atoms with E-state index in [9.17, 15) is 14.0 Å². The Morgan fingerprint density at radius 3 is 2.62 bits per heavy atom. The summed E-state index contributed by atoms with van der Waals surface area (Å²) in [5.74, 6) is -0.213. The molecule has 1 aromatic carbocycles. The van der Waals surface area contributed by atoms with E-state index in [0.29, 0.717) is 38.4 Å². The first-order chi connectivity index (χ1) is 15.4. The molecule has 1 fully saturated rings. The molecule has 0 bridgehead atoms. The van der Waals surface area contributed by atoms with E-state index in [1.807, 2.05) is 6.92 Å². The number of piperidine rings is 1. The molecule has 172 valence electrons. The third-order valence-corrected chi connectivity index (χ3v) is 5.01. The van der Waals surface area contributed by atoms with Gasteiger partial charge in [-0.15, -0.1) is 5.06 Å². The molecular weight excluding hydrogens is 419 g/mol. The number of nitrogen functional groups attached to an aromatic ring is 1. The standard InChI is InChI=1S/C22H27FN4O5/c1-3-12-31-22(29)32-27-10-8-15(9-11-27)25-19-7-5-16(21(24)26-19)20(28)17-13-14(23)4-6-18(17)30-2/h4-7,13,15H,3,8-12H2,1-2H3,(H3,24,25,26). The first-order valence-corrected chi connectivity index (χ1v) is 10.4. The average molecular weight is 446 g/mol. The molecule has 0 radical (unpaired) electrons. The second-order valence-electron chi connectivity index (χ2n) is 7.34. The maximum atomic E-state index is 13.6. The highest BCUT2D eigenvalue weighted by Crippen LogP contribution is 2.26. The zero-order valence-electron chi connectivity index (χ0n) is 18.1. The van der Waals surface area contributed by atoms with Crippen molar-refractivity contribution in [3.05, 3.63) is 47.3 Å². The van der Waals surface area contributed by atoms with Crippen molar-refractivity contribution in [3.8, 4) is 5.75 Å². The van der Waals surface area contributed by atoms with E-state index >= 15 is 0 Å². The monoisotopic (exact) mass is 446 g/mol. The minimum Gasteiger partial charge on any atom is -0.496 e. The largest absolute Gasteiger partial charge is 0.527 e. The Labute approximate surface area is 185 Å². The molecule has 3 rings (SSSR count). The molecule has 10 heteroatoms. The van der Waals surface area contributed by atoms with Crippen molar-refractivity contribution in [2.75, 3.05) is 37.9 Å². The Balaban J connectivity index is 1.59. The summed E-state index contributed by atoms with van der Waals surface area (Å²) in [6, 6.07) is 7.02. The number of anilines is 2. The average Bonchev–Trinajstić information content (AvgIpc) is 2.78. The van der Waals surface area contributed by atoms with Gasteiger partial charge in [-0.2, -0.15) is 0 Å². The topological polar surface area (TPSA) is 116 Å². The van der Waals surface area contributed by atoms with E-state index in [4.69, 9.17) is 20.0 Å². The smallest absolute Gasteiger partial charge is 0.496 e. The van der Waals surface area contributed by atoms with Gasteiger partial charge in [0.2, 0.25) is 5.78 Å². The van der Waals surface area contributed by atoms with Crippen LogP contribution in [0.1, 0.15) is 42.1 Å². The lowest BCUT2D eigenvalue weighted by molar-refractivity contribution is -0.138. The van der Waals surface area contributed by atoms with Crippen LogP contribution in [-0.4, -0.2) is 54.8 Å². The minimum absolute atomic E-state index is 0.0331. The maximum Gasteiger partial charge on any atom is 0.527 e. The van der Waals surface area contributed by atoms with Gasteiger partial charge in [0.1, 0.15) is 23.2 Å². The molecule has 1 aliphatic heterocycles. The van der Waals surface area contributed by atoms with Crippen molar-refractivity contribution in [2.24, 2.45) is 0 Å². The number of nitrogens with zero attached hydrogens (tertiary/aromatic N) is 2. The summed E-state index contributed by atoms with van der Waals surface area (Å²) in [4.78, 5) is 33.8. The zero-order chi connectivity index (χ0) is 23.1. The summed E-state index contributed by atoms with van der Waals surface area (Å²) < 4.78 is 23.7. The zero-order valence-corrected chi connectivity index (χ0v) is 18.1. The molecule has 0 atom stereocenters. The molecule has 1 aromatic heterocycles. The number of hydroxylamine groups is 2. The van der Waals surface area contributed by atoms with E-state index in [1.54, 1.807) is 17.2 Å². The number of rotatable bonds is 8. The van der Waals surface area contributed by atoms with Crippen LogP contribution in [0.25, 0.3) is 0 Å². The molecule has 1 aliphatic rings. The molecule has 9 nitrogen and oxygen atoms in total. The Morgan fingerprint density at radius 1 is 1.22 bits per heavy atom. The highest BCUT2D eigenvalue weighted by atomic mass is 19.1. The van der Waals surface area contributed by atoms with Gasteiger partial charge < -0.3 is 25.4 Å². The van der Waals surface area contributed by atoms with E-state index in [2.05, 4.69) is 10.3 Å². The number of aromatic nitrogens is 1. The lowest BCUT2D eigenvalue weighted by atomic mass is 10.0. The molecular formula is C22H27FN4O5. The minimum atomic E-state index is -0.692. The van der Waals surface area contributed by atoms with Crippen molar-refractivity contribution in [3.63, 3.8) is 0 Å². The van der Waals surface area contributed by atoms with Gasteiger partial charge in [0, 0.05) is 19.1 Å². The Hall–Kier alpha value is -3.40. The number of nitrogens with two attached hydrogens (primary N) is 1. The molecule has 0 unspecified atom stereocenters. The van der Waals surface area contributed by atoms with Crippen molar-refractivity contribution in [2.45, 2.75) is 32.2 Å². The van der Waals surface area contributed by atoms with Gasteiger partial charge >= 0.3 is 6.16 Å². The fourth-order valence-electron chi connectivity index (χ4n) is 3.37. The predicted molar refractivity (Wildman–Crippen MR) is 116 cm³/mol. The number of hydrogen-bond acceptors (Lipinski definition) is 9. The van der Waals surface area contributed by atoms with Gasteiger partial charge in [-0.3, -0.25) is 4.79 Å². The summed E-state index contributed by atoms with van der Waals surface area (Å²) >= 11 is 0. The SMILES string of the molecule is CCCOC(=O)ON1CCC(Nc2ccc(C(=O)c3cc(F)ccc3OC)c(N)n2)CC1. The van der Waals surface area contributed by atoms with E-state index in [1.165, 1.54) is 19.2 Å². The number of ether oxygens (including phenoxy) is 2. The number of carbonyl (C=O) groups excluding carboxylic acids is 2. The molecule has 0 aliphatic carbocycles. The third kappa shape index (κ3) is 5.85. The summed E-state index contributed by atoms with van der Waals surface area (Å²) in [5.41, 5.74) is 6.26. The van der Waals surface area contributed by atoms with Gasteiger partial charge in [-0.05, 0) is 49.6 Å². The predicted octanol–water partition coefficient (Wildman–Crippen LogP) is 3.40. The molecule has 0 spiro atoms. The Bertz CT molecular complexity index is 963. The molecule has 0 amide bonds. The number of pyridine rings is 1. The van der Waals surface area contributed by atoms with Crippen LogP contribution in [0.5, 0.6) is 5.75 Å². The van der Waals surface area contributed by atoms with Crippen molar-refractivity contribution in [1.29, 1.82) is 0 Å². The normalized spacial score (nSPS) is 14.6. The maximum absolute atomic E-state index is 13.6. The number of methoxy groups -OCH3 is 1. The van der Waals surface area contributed by atoms with Crippen LogP contribution >= 0.6 is 0 Å².